The molecule has 1 aromatic heterocycles. The van der Waals surface area contributed by atoms with Crippen LogP contribution in [-0.4, -0.2) is 11.6 Å². The Hall–Kier alpha value is -1.91. The van der Waals surface area contributed by atoms with Crippen molar-refractivity contribution in [3.63, 3.8) is 0 Å². The van der Waals surface area contributed by atoms with E-state index >= 15 is 0 Å². The minimum absolute atomic E-state index is 0.0948. The van der Waals surface area contributed by atoms with Gasteiger partial charge in [0.05, 0.1) is 18.8 Å². The number of rotatable bonds is 6. The van der Waals surface area contributed by atoms with Gasteiger partial charge in [0.1, 0.15) is 5.75 Å². The second-order valence-electron chi connectivity index (χ2n) is 5.26. The maximum atomic E-state index is 5.79. The molecule has 2 rings (SSSR count). The molecule has 0 aliphatic rings. The number of hydrogen-bond donors (Lipinski definition) is 2. The van der Waals surface area contributed by atoms with E-state index in [4.69, 9.17) is 10.6 Å². The van der Waals surface area contributed by atoms with Gasteiger partial charge in [0.15, 0.2) is 0 Å². The number of aryl methyl sites for hydroxylation is 2. The normalized spacial score (nSPS) is 12.2. The van der Waals surface area contributed by atoms with E-state index in [1.54, 1.807) is 6.20 Å². The summed E-state index contributed by atoms with van der Waals surface area (Å²) in [5.74, 6) is 6.57. The van der Waals surface area contributed by atoms with Gasteiger partial charge in [-0.05, 0) is 43.0 Å². The van der Waals surface area contributed by atoms with Crippen LogP contribution < -0.4 is 16.0 Å². The highest BCUT2D eigenvalue weighted by atomic mass is 16.5. The molecule has 0 aliphatic heterocycles. The molecule has 112 valence electrons. The van der Waals surface area contributed by atoms with Gasteiger partial charge in [-0.3, -0.25) is 10.8 Å². The van der Waals surface area contributed by atoms with Crippen LogP contribution in [-0.2, 0) is 0 Å². The largest absolute Gasteiger partial charge is 0.492 e. The van der Waals surface area contributed by atoms with E-state index in [1.807, 2.05) is 12.3 Å². The van der Waals surface area contributed by atoms with Crippen molar-refractivity contribution in [1.82, 2.24) is 10.4 Å². The molecule has 2 aromatic rings. The standard InChI is InChI=1S/C17H23N3O/c1-4-7-21-15-9-14(10-19-11-15)17(20-18)16-8-12(2)5-6-13(16)3/h5-6,8-11,17,20H,4,7,18H2,1-3H3. The minimum Gasteiger partial charge on any atom is -0.492 e. The average Bonchev–Trinajstić information content (AvgIpc) is 2.50. The number of hydrazine groups is 1. The van der Waals surface area contributed by atoms with Crippen LogP contribution in [0.1, 0.15) is 41.6 Å². The van der Waals surface area contributed by atoms with Crippen molar-refractivity contribution in [2.45, 2.75) is 33.2 Å². The first kappa shape index (κ1) is 15.5. The molecule has 0 radical (unpaired) electrons. The van der Waals surface area contributed by atoms with E-state index in [-0.39, 0.29) is 6.04 Å². The first-order valence-corrected chi connectivity index (χ1v) is 7.26. The molecular formula is C17H23N3O. The van der Waals surface area contributed by atoms with E-state index in [2.05, 4.69) is 49.4 Å². The molecule has 0 amide bonds. The summed E-state index contributed by atoms with van der Waals surface area (Å²) in [5.41, 5.74) is 7.46. The zero-order valence-corrected chi connectivity index (χ0v) is 12.9. The Morgan fingerprint density at radius 1 is 1.24 bits per heavy atom. The predicted molar refractivity (Wildman–Crippen MR) is 85.1 cm³/mol. The lowest BCUT2D eigenvalue weighted by Crippen LogP contribution is -2.29. The highest BCUT2D eigenvalue weighted by molar-refractivity contribution is 5.40. The SMILES string of the molecule is CCCOc1cncc(C(NN)c2cc(C)ccc2C)c1. The Morgan fingerprint density at radius 3 is 2.76 bits per heavy atom. The van der Waals surface area contributed by atoms with Crippen LogP contribution in [0.2, 0.25) is 0 Å². The molecule has 0 fully saturated rings. The van der Waals surface area contributed by atoms with Crippen molar-refractivity contribution in [2.24, 2.45) is 5.84 Å². The predicted octanol–water partition coefficient (Wildman–Crippen LogP) is 3.04. The maximum Gasteiger partial charge on any atom is 0.137 e. The van der Waals surface area contributed by atoms with Crippen molar-refractivity contribution in [1.29, 1.82) is 0 Å². The van der Waals surface area contributed by atoms with Crippen LogP contribution in [0.25, 0.3) is 0 Å². The summed E-state index contributed by atoms with van der Waals surface area (Å²) in [6, 6.07) is 8.27. The highest BCUT2D eigenvalue weighted by Crippen LogP contribution is 2.26. The quantitative estimate of drug-likeness (QED) is 0.632. The first-order chi connectivity index (χ1) is 10.2. The lowest BCUT2D eigenvalue weighted by atomic mass is 9.95. The third-order valence-electron chi connectivity index (χ3n) is 3.45. The van der Waals surface area contributed by atoms with Gasteiger partial charge in [-0.25, -0.2) is 5.43 Å². The summed E-state index contributed by atoms with van der Waals surface area (Å²) in [6.45, 7) is 6.94. The van der Waals surface area contributed by atoms with Crippen LogP contribution in [0.4, 0.5) is 0 Å². The minimum atomic E-state index is -0.0948. The fourth-order valence-electron chi connectivity index (χ4n) is 2.33. The Kier molecular flexibility index (Phi) is 5.31. The summed E-state index contributed by atoms with van der Waals surface area (Å²) in [7, 11) is 0. The number of aromatic nitrogens is 1. The molecule has 3 N–H and O–H groups in total. The van der Waals surface area contributed by atoms with Crippen LogP contribution in [0, 0.1) is 13.8 Å². The second kappa shape index (κ2) is 7.20. The summed E-state index contributed by atoms with van der Waals surface area (Å²) >= 11 is 0. The van der Waals surface area contributed by atoms with Crippen LogP contribution in [0.5, 0.6) is 5.75 Å². The summed E-state index contributed by atoms with van der Waals surface area (Å²) in [4.78, 5) is 4.26. The maximum absolute atomic E-state index is 5.79. The number of nitrogens with zero attached hydrogens (tertiary/aromatic N) is 1. The topological polar surface area (TPSA) is 60.2 Å². The van der Waals surface area contributed by atoms with E-state index < -0.39 is 0 Å². The molecule has 0 saturated carbocycles. The first-order valence-electron chi connectivity index (χ1n) is 7.26. The highest BCUT2D eigenvalue weighted by Gasteiger charge is 2.16. The average molecular weight is 285 g/mol. The lowest BCUT2D eigenvalue weighted by Gasteiger charge is -2.20. The number of nitrogens with two attached hydrogens (primary N) is 1. The van der Waals surface area contributed by atoms with Crippen LogP contribution >= 0.6 is 0 Å². The van der Waals surface area contributed by atoms with Crippen molar-refractivity contribution in [3.8, 4) is 5.75 Å². The van der Waals surface area contributed by atoms with Gasteiger partial charge in [-0.15, -0.1) is 0 Å². The number of ether oxygens (including phenoxy) is 1. The Morgan fingerprint density at radius 2 is 2.05 bits per heavy atom. The van der Waals surface area contributed by atoms with Crippen molar-refractivity contribution in [2.75, 3.05) is 6.61 Å². The number of nitrogens with one attached hydrogen (secondary N) is 1. The van der Waals surface area contributed by atoms with Crippen molar-refractivity contribution in [3.05, 3.63) is 58.9 Å². The van der Waals surface area contributed by atoms with Crippen LogP contribution in [0.15, 0.2) is 36.7 Å². The van der Waals surface area contributed by atoms with Gasteiger partial charge < -0.3 is 4.74 Å². The van der Waals surface area contributed by atoms with E-state index in [0.717, 1.165) is 23.3 Å². The monoisotopic (exact) mass is 285 g/mol. The molecule has 21 heavy (non-hydrogen) atoms. The third-order valence-corrected chi connectivity index (χ3v) is 3.45. The molecule has 4 heteroatoms. The summed E-state index contributed by atoms with van der Waals surface area (Å²) in [6.07, 6.45) is 4.53. The van der Waals surface area contributed by atoms with E-state index in [9.17, 15) is 0 Å². The van der Waals surface area contributed by atoms with Gasteiger partial charge in [-0.2, -0.15) is 0 Å². The number of pyridine rings is 1. The second-order valence-corrected chi connectivity index (χ2v) is 5.26. The molecule has 0 saturated heterocycles. The third kappa shape index (κ3) is 3.80. The lowest BCUT2D eigenvalue weighted by molar-refractivity contribution is 0.315. The molecule has 4 nitrogen and oxygen atoms in total. The summed E-state index contributed by atoms with van der Waals surface area (Å²) < 4.78 is 5.65. The fourth-order valence-corrected chi connectivity index (χ4v) is 2.33. The van der Waals surface area contributed by atoms with Gasteiger partial charge >= 0.3 is 0 Å². The smallest absolute Gasteiger partial charge is 0.137 e. The Balaban J connectivity index is 2.34. The van der Waals surface area contributed by atoms with Crippen LogP contribution in [0.3, 0.4) is 0 Å². The van der Waals surface area contributed by atoms with Gasteiger partial charge in [0.2, 0.25) is 0 Å². The molecule has 1 heterocycles. The Labute approximate surface area is 126 Å². The summed E-state index contributed by atoms with van der Waals surface area (Å²) in [5, 5.41) is 0. The van der Waals surface area contributed by atoms with E-state index in [1.165, 1.54) is 11.1 Å². The number of benzene rings is 1. The molecular weight excluding hydrogens is 262 g/mol. The molecule has 0 bridgehead atoms. The molecule has 1 aromatic carbocycles. The van der Waals surface area contributed by atoms with Crippen molar-refractivity contribution >= 4 is 0 Å². The van der Waals surface area contributed by atoms with Gasteiger partial charge in [0.25, 0.3) is 0 Å². The number of hydrogen-bond acceptors (Lipinski definition) is 4. The molecule has 1 unspecified atom stereocenters. The molecule has 0 spiro atoms. The van der Waals surface area contributed by atoms with Gasteiger partial charge in [0, 0.05) is 6.20 Å². The molecule has 0 aliphatic carbocycles. The van der Waals surface area contributed by atoms with Gasteiger partial charge in [-0.1, -0.05) is 30.7 Å². The zero-order chi connectivity index (χ0) is 15.2. The Bertz CT molecular complexity index is 598. The zero-order valence-electron chi connectivity index (χ0n) is 12.9. The van der Waals surface area contributed by atoms with Crippen molar-refractivity contribution < 1.29 is 4.74 Å². The fraction of sp³-hybridized carbons (Fsp3) is 0.353. The van der Waals surface area contributed by atoms with E-state index in [0.29, 0.717) is 6.61 Å². The molecule has 1 atom stereocenters.